The van der Waals surface area contributed by atoms with Crippen LogP contribution in [0.2, 0.25) is 0 Å². The molecule has 0 amide bonds. The number of phenolic OH excluding ortho intramolecular Hbond substituents is 1. The van der Waals surface area contributed by atoms with Crippen LogP contribution in [0, 0.1) is 12.1 Å². The third-order valence-electron chi connectivity index (χ3n) is 9.58. The minimum Gasteiger partial charge on any atom is -0.551 e. The monoisotopic (exact) mass is 996 g/mol. The van der Waals surface area contributed by atoms with Crippen LogP contribution in [0.4, 0.5) is 0 Å². The Hall–Kier alpha value is -7.40. The van der Waals surface area contributed by atoms with E-state index in [-0.39, 0.29) is 33.3 Å². The number of para-hydroxylation sites is 3. The van der Waals surface area contributed by atoms with Gasteiger partial charge in [-0.15, -0.1) is 24.3 Å². The molecule has 11 nitrogen and oxygen atoms in total. The maximum atomic E-state index is 9.69. The van der Waals surface area contributed by atoms with Gasteiger partial charge in [-0.25, -0.2) is 4.98 Å². The van der Waals surface area contributed by atoms with Gasteiger partial charge in [0.2, 0.25) is 5.89 Å². The summed E-state index contributed by atoms with van der Waals surface area (Å²) >= 11 is 0. The van der Waals surface area contributed by atoms with Crippen molar-refractivity contribution in [1.29, 1.82) is 0 Å². The number of benzene rings is 8. The number of aromatic nitrogens is 7. The van der Waals surface area contributed by atoms with Crippen LogP contribution in [0.15, 0.2) is 162 Å². The molecule has 0 spiro atoms. The van der Waals surface area contributed by atoms with E-state index in [4.69, 9.17) is 13.9 Å². The molecule has 0 unspecified atom stereocenters. The van der Waals surface area contributed by atoms with E-state index in [0.29, 0.717) is 24.7 Å². The van der Waals surface area contributed by atoms with Crippen LogP contribution in [0.1, 0.15) is 21.3 Å². The van der Waals surface area contributed by atoms with E-state index in [0.717, 1.165) is 77.6 Å². The summed E-state index contributed by atoms with van der Waals surface area (Å²) in [6, 6.07) is 56.6. The molecule has 0 saturated heterocycles. The standard InChI is InChI=1S/2C18H14N3O.C13H9NO2.CH4.Ir/c2*1-2-22-18-12-11-17(13-7-3-4-8-14(13)18)21-19-15-9-5-6-10-16(15)20-21;15-11-7-3-1-5-9(11)13-14-10-6-2-4-8-12(10)16-13;;/h2*3-10,12H,2H2,1H3;1-8,15H;1H4;/q2*-1;;;. The maximum absolute atomic E-state index is 9.69. The van der Waals surface area contributed by atoms with Crippen molar-refractivity contribution in [2.75, 3.05) is 13.2 Å². The second-order valence-electron chi connectivity index (χ2n) is 13.4. The number of phenols is 1. The summed E-state index contributed by atoms with van der Waals surface area (Å²) in [5, 5.41) is 32.0. The topological polar surface area (TPSA) is 126 Å². The maximum Gasteiger partial charge on any atom is 0.231 e. The van der Waals surface area contributed by atoms with Crippen molar-refractivity contribution in [3.05, 3.63) is 170 Å². The summed E-state index contributed by atoms with van der Waals surface area (Å²) in [4.78, 5) is 7.60. The zero-order valence-corrected chi connectivity index (χ0v) is 35.5. The molecule has 12 heteroatoms. The Morgan fingerprint density at radius 2 is 0.903 bits per heavy atom. The van der Waals surface area contributed by atoms with Gasteiger partial charge in [-0.05, 0) is 73.8 Å². The number of fused-ring (bicyclic) bond motifs is 5. The van der Waals surface area contributed by atoms with Gasteiger partial charge >= 0.3 is 0 Å². The predicted octanol–water partition coefficient (Wildman–Crippen LogP) is 11.4. The number of ether oxygens (including phenoxy) is 2. The number of nitrogens with zero attached hydrogens (tertiary/aromatic N) is 7. The van der Waals surface area contributed by atoms with Crippen LogP contribution < -0.4 is 9.47 Å². The van der Waals surface area contributed by atoms with Crippen LogP contribution in [-0.4, -0.2) is 53.3 Å². The number of hydrogen-bond acceptors (Lipinski definition) is 9. The van der Waals surface area contributed by atoms with E-state index < -0.39 is 0 Å². The molecule has 62 heavy (non-hydrogen) atoms. The van der Waals surface area contributed by atoms with Crippen LogP contribution in [-0.2, 0) is 20.1 Å². The summed E-state index contributed by atoms with van der Waals surface area (Å²) in [6.07, 6.45) is 0. The van der Waals surface area contributed by atoms with Crippen LogP contribution >= 0.6 is 0 Å². The molecule has 0 bridgehead atoms. The Morgan fingerprint density at radius 1 is 0.516 bits per heavy atom. The molecular weight excluding hydrogens is 955 g/mol. The molecular formula is C50H41IrN7O4-2. The number of oxazole rings is 1. The van der Waals surface area contributed by atoms with Crippen molar-refractivity contribution in [1.82, 2.24) is 35.0 Å². The first-order valence-corrected chi connectivity index (χ1v) is 19.5. The van der Waals surface area contributed by atoms with E-state index in [1.54, 1.807) is 27.8 Å². The predicted molar refractivity (Wildman–Crippen MR) is 241 cm³/mol. The third-order valence-corrected chi connectivity index (χ3v) is 9.58. The molecule has 0 atom stereocenters. The van der Waals surface area contributed by atoms with E-state index in [2.05, 4.69) is 37.5 Å². The van der Waals surface area contributed by atoms with Gasteiger partial charge in [-0.3, -0.25) is 0 Å². The molecule has 8 aromatic carbocycles. The van der Waals surface area contributed by atoms with Crippen molar-refractivity contribution in [2.45, 2.75) is 21.3 Å². The SMILES string of the molecule is C.CCOc1c[c-]c(-n2nc3ccccc3n2)c2ccccc12.CCOc1c[c-]c(-n2nc3ccccc3n2)c2ccccc12.Oc1ccccc1-c1nc2ccccc2o1.[Ir]. The van der Waals surface area contributed by atoms with Gasteiger partial charge in [0.25, 0.3) is 0 Å². The molecule has 0 aliphatic rings. The second kappa shape index (κ2) is 19.3. The van der Waals surface area contributed by atoms with E-state index in [9.17, 15) is 5.11 Å². The molecule has 3 heterocycles. The zero-order valence-electron chi connectivity index (χ0n) is 33.1. The molecule has 3 aromatic heterocycles. The number of aromatic hydroxyl groups is 1. The number of rotatable bonds is 7. The molecule has 11 aromatic rings. The van der Waals surface area contributed by atoms with Crippen LogP contribution in [0.3, 0.4) is 0 Å². The molecule has 0 fully saturated rings. The van der Waals surface area contributed by atoms with Crippen LogP contribution in [0.25, 0.3) is 77.5 Å². The Balaban J connectivity index is 0.000000140. The van der Waals surface area contributed by atoms with Gasteiger partial charge in [0.1, 0.15) is 33.3 Å². The molecule has 0 aliphatic heterocycles. The van der Waals surface area contributed by atoms with E-state index in [1.165, 1.54) is 0 Å². The summed E-state index contributed by atoms with van der Waals surface area (Å²) in [5.74, 6) is 2.28. The second-order valence-corrected chi connectivity index (χ2v) is 13.4. The van der Waals surface area contributed by atoms with Gasteiger partial charge < -0.3 is 19.0 Å². The van der Waals surface area contributed by atoms with Crippen LogP contribution in [0.5, 0.6) is 17.2 Å². The number of hydrogen-bond donors (Lipinski definition) is 1. The largest absolute Gasteiger partial charge is 0.551 e. The Bertz CT molecular complexity index is 2990. The smallest absolute Gasteiger partial charge is 0.231 e. The van der Waals surface area contributed by atoms with Gasteiger partial charge in [0, 0.05) is 31.6 Å². The first kappa shape index (κ1) is 42.7. The normalized spacial score (nSPS) is 10.7. The summed E-state index contributed by atoms with van der Waals surface area (Å²) < 4.78 is 16.9. The first-order chi connectivity index (χ1) is 29.6. The van der Waals surface area contributed by atoms with E-state index in [1.807, 2.05) is 153 Å². The Kier molecular flexibility index (Phi) is 13.3. The molecule has 1 radical (unpaired) electrons. The fraction of sp³-hybridized carbons (Fsp3) is 0.100. The first-order valence-electron chi connectivity index (χ1n) is 19.5. The summed E-state index contributed by atoms with van der Waals surface area (Å²) in [5.41, 5.74) is 7.26. The molecule has 0 aliphatic carbocycles. The van der Waals surface area contributed by atoms with Crippen molar-refractivity contribution in [2.24, 2.45) is 0 Å². The zero-order chi connectivity index (χ0) is 40.8. The van der Waals surface area contributed by atoms with Crippen molar-refractivity contribution >= 4 is 54.7 Å². The Morgan fingerprint density at radius 3 is 1.34 bits per heavy atom. The molecule has 1 N–H and O–H groups in total. The fourth-order valence-corrected chi connectivity index (χ4v) is 6.83. The quantitative estimate of drug-likeness (QED) is 0.155. The minimum absolute atomic E-state index is 0. The average molecular weight is 996 g/mol. The van der Waals surface area contributed by atoms with E-state index >= 15 is 0 Å². The molecule has 311 valence electrons. The van der Waals surface area contributed by atoms with Crippen molar-refractivity contribution in [3.8, 4) is 40.1 Å². The third kappa shape index (κ3) is 8.74. The molecule has 0 saturated carbocycles. The summed E-state index contributed by atoms with van der Waals surface area (Å²) in [7, 11) is 0. The Labute approximate surface area is 371 Å². The fourth-order valence-electron chi connectivity index (χ4n) is 6.83. The van der Waals surface area contributed by atoms with Gasteiger partial charge in [0.15, 0.2) is 5.58 Å². The van der Waals surface area contributed by atoms with Crippen molar-refractivity contribution in [3.63, 3.8) is 0 Å². The molecule has 11 rings (SSSR count). The summed E-state index contributed by atoms with van der Waals surface area (Å²) in [6.45, 7) is 5.21. The van der Waals surface area contributed by atoms with Gasteiger partial charge in [-0.1, -0.05) is 114 Å². The van der Waals surface area contributed by atoms with Gasteiger partial charge in [-0.2, -0.15) is 42.1 Å². The van der Waals surface area contributed by atoms with Gasteiger partial charge in [0.05, 0.1) is 18.8 Å². The average Bonchev–Trinajstić information content (AvgIpc) is 4.05. The minimum atomic E-state index is 0. The van der Waals surface area contributed by atoms with Crippen molar-refractivity contribution < 1.29 is 39.1 Å².